The number of para-hydroxylation sites is 1. The molecule has 0 bridgehead atoms. The molecule has 3 heterocycles. The zero-order valence-corrected chi connectivity index (χ0v) is 18.9. The van der Waals surface area contributed by atoms with Crippen molar-refractivity contribution in [3.05, 3.63) is 60.6 Å². The zero-order chi connectivity index (χ0) is 23.4. The molecule has 3 aromatic rings. The molecule has 9 heteroatoms. The highest BCUT2D eigenvalue weighted by Crippen LogP contribution is 2.33. The topological polar surface area (TPSA) is 103 Å². The van der Waals surface area contributed by atoms with Gasteiger partial charge in [0.1, 0.15) is 23.0 Å². The first-order chi connectivity index (χ1) is 16.0. The van der Waals surface area contributed by atoms with Gasteiger partial charge in [-0.15, -0.1) is 0 Å². The van der Waals surface area contributed by atoms with E-state index in [0.29, 0.717) is 54.1 Å². The van der Waals surface area contributed by atoms with Gasteiger partial charge in [0.05, 0.1) is 32.3 Å². The molecule has 1 saturated heterocycles. The number of benzene rings is 1. The SMILES string of the molecule is COc1cc(C(=O)N2CCN(c3cnc(N)cc3OC)CC2C)ncc1Oc1ccccc1. The van der Waals surface area contributed by atoms with E-state index in [1.54, 1.807) is 25.4 Å². The predicted octanol–water partition coefficient (Wildman–Crippen LogP) is 3.22. The van der Waals surface area contributed by atoms with E-state index in [4.69, 9.17) is 19.9 Å². The Kier molecular flexibility index (Phi) is 6.48. The molecule has 2 aromatic heterocycles. The summed E-state index contributed by atoms with van der Waals surface area (Å²) in [4.78, 5) is 25.8. The normalized spacial score (nSPS) is 15.8. The van der Waals surface area contributed by atoms with Crippen LogP contribution < -0.4 is 24.8 Å². The van der Waals surface area contributed by atoms with E-state index in [1.807, 2.05) is 42.2 Å². The molecule has 9 nitrogen and oxygen atoms in total. The van der Waals surface area contributed by atoms with Crippen molar-refractivity contribution in [3.8, 4) is 23.0 Å². The molecule has 1 fully saturated rings. The third-order valence-electron chi connectivity index (χ3n) is 5.56. The summed E-state index contributed by atoms with van der Waals surface area (Å²) in [5, 5.41) is 0. The molecule has 1 unspecified atom stereocenters. The Labute approximate surface area is 192 Å². The van der Waals surface area contributed by atoms with Gasteiger partial charge in [0.15, 0.2) is 11.5 Å². The molecule has 33 heavy (non-hydrogen) atoms. The minimum absolute atomic E-state index is 0.0541. The Hall–Kier alpha value is -4.01. The lowest BCUT2D eigenvalue weighted by Gasteiger charge is -2.41. The fourth-order valence-electron chi connectivity index (χ4n) is 3.86. The number of nitrogens with zero attached hydrogens (tertiary/aromatic N) is 4. The van der Waals surface area contributed by atoms with Crippen LogP contribution in [0, 0.1) is 0 Å². The summed E-state index contributed by atoms with van der Waals surface area (Å²) in [6.45, 7) is 3.79. The first-order valence-electron chi connectivity index (χ1n) is 10.6. The molecule has 1 atom stereocenters. The lowest BCUT2D eigenvalue weighted by molar-refractivity contribution is 0.0667. The highest BCUT2D eigenvalue weighted by Gasteiger charge is 2.30. The summed E-state index contributed by atoms with van der Waals surface area (Å²) in [7, 11) is 3.14. The van der Waals surface area contributed by atoms with Gasteiger partial charge in [-0.1, -0.05) is 18.2 Å². The van der Waals surface area contributed by atoms with Crippen molar-refractivity contribution in [2.45, 2.75) is 13.0 Å². The molecule has 0 saturated carbocycles. The third kappa shape index (κ3) is 4.77. The van der Waals surface area contributed by atoms with Crippen LogP contribution in [0.1, 0.15) is 17.4 Å². The number of carbonyl (C=O) groups is 1. The Morgan fingerprint density at radius 2 is 1.76 bits per heavy atom. The van der Waals surface area contributed by atoms with Crippen molar-refractivity contribution in [2.75, 3.05) is 44.5 Å². The van der Waals surface area contributed by atoms with Gasteiger partial charge < -0.3 is 29.7 Å². The fraction of sp³-hybridized carbons (Fsp3) is 0.292. The highest BCUT2D eigenvalue weighted by atomic mass is 16.5. The minimum Gasteiger partial charge on any atom is -0.494 e. The molecular formula is C24H27N5O4. The number of methoxy groups -OCH3 is 2. The molecule has 1 aliphatic heterocycles. The van der Waals surface area contributed by atoms with Crippen molar-refractivity contribution >= 4 is 17.4 Å². The first kappa shape index (κ1) is 22.2. The summed E-state index contributed by atoms with van der Waals surface area (Å²) in [5.41, 5.74) is 6.93. The van der Waals surface area contributed by atoms with Crippen LogP contribution in [-0.4, -0.2) is 60.7 Å². The van der Waals surface area contributed by atoms with Gasteiger partial charge in [0, 0.05) is 37.8 Å². The largest absolute Gasteiger partial charge is 0.494 e. The standard InChI is InChI=1S/C24H27N5O4/c1-16-15-28(19-13-27-23(25)12-20(19)31-2)9-10-29(16)24(30)18-11-21(32-3)22(14-26-18)33-17-7-5-4-6-8-17/h4-8,11-14,16H,9-10,15H2,1-3H3,(H2,25,27). The minimum atomic E-state index is -0.158. The van der Waals surface area contributed by atoms with Gasteiger partial charge in [-0.25, -0.2) is 9.97 Å². The van der Waals surface area contributed by atoms with Gasteiger partial charge in [-0.3, -0.25) is 4.79 Å². The van der Waals surface area contributed by atoms with E-state index in [9.17, 15) is 4.79 Å². The number of anilines is 2. The number of carbonyl (C=O) groups excluding carboxylic acids is 1. The number of nitrogen functional groups attached to an aromatic ring is 1. The smallest absolute Gasteiger partial charge is 0.272 e. The van der Waals surface area contributed by atoms with Crippen molar-refractivity contribution in [1.29, 1.82) is 0 Å². The number of aromatic nitrogens is 2. The molecule has 0 aliphatic carbocycles. The second-order valence-electron chi connectivity index (χ2n) is 7.71. The second kappa shape index (κ2) is 9.64. The maximum absolute atomic E-state index is 13.3. The quantitative estimate of drug-likeness (QED) is 0.612. The number of hydrogen-bond acceptors (Lipinski definition) is 8. The maximum atomic E-state index is 13.3. The number of ether oxygens (including phenoxy) is 3. The monoisotopic (exact) mass is 449 g/mol. The van der Waals surface area contributed by atoms with Crippen molar-refractivity contribution in [2.24, 2.45) is 0 Å². The molecule has 1 aliphatic rings. The van der Waals surface area contributed by atoms with Crippen LogP contribution in [0.2, 0.25) is 0 Å². The Morgan fingerprint density at radius 3 is 2.45 bits per heavy atom. The number of hydrogen-bond donors (Lipinski definition) is 1. The summed E-state index contributed by atoms with van der Waals surface area (Å²) >= 11 is 0. The number of nitrogens with two attached hydrogens (primary N) is 1. The summed E-state index contributed by atoms with van der Waals surface area (Å²) in [5.74, 6) is 2.46. The average Bonchev–Trinajstić information content (AvgIpc) is 2.84. The Balaban J connectivity index is 1.48. The molecule has 0 spiro atoms. The van der Waals surface area contributed by atoms with E-state index in [1.165, 1.54) is 13.3 Å². The van der Waals surface area contributed by atoms with E-state index in [0.717, 1.165) is 5.69 Å². The van der Waals surface area contributed by atoms with Gasteiger partial charge in [-0.05, 0) is 19.1 Å². The van der Waals surface area contributed by atoms with Gasteiger partial charge in [-0.2, -0.15) is 0 Å². The van der Waals surface area contributed by atoms with Crippen LogP contribution in [0.5, 0.6) is 23.0 Å². The van der Waals surface area contributed by atoms with E-state index in [-0.39, 0.29) is 11.9 Å². The van der Waals surface area contributed by atoms with Crippen LogP contribution >= 0.6 is 0 Å². The van der Waals surface area contributed by atoms with Crippen LogP contribution in [0.25, 0.3) is 0 Å². The van der Waals surface area contributed by atoms with Gasteiger partial charge in [0.25, 0.3) is 5.91 Å². The summed E-state index contributed by atoms with van der Waals surface area (Å²) < 4.78 is 16.8. The molecule has 0 radical (unpaired) electrons. The second-order valence-corrected chi connectivity index (χ2v) is 7.71. The predicted molar refractivity (Wildman–Crippen MR) is 125 cm³/mol. The van der Waals surface area contributed by atoms with Crippen LogP contribution in [0.4, 0.5) is 11.5 Å². The van der Waals surface area contributed by atoms with Crippen molar-refractivity contribution in [3.63, 3.8) is 0 Å². The van der Waals surface area contributed by atoms with Crippen LogP contribution in [0.15, 0.2) is 54.9 Å². The fourth-order valence-corrected chi connectivity index (χ4v) is 3.86. The number of pyridine rings is 2. The average molecular weight is 450 g/mol. The number of amides is 1. The third-order valence-corrected chi connectivity index (χ3v) is 5.56. The molecule has 1 amide bonds. The lowest BCUT2D eigenvalue weighted by Crippen LogP contribution is -2.54. The van der Waals surface area contributed by atoms with E-state index >= 15 is 0 Å². The highest BCUT2D eigenvalue weighted by molar-refractivity contribution is 5.93. The molecule has 4 rings (SSSR count). The Morgan fingerprint density at radius 1 is 1.00 bits per heavy atom. The number of rotatable bonds is 6. The van der Waals surface area contributed by atoms with Gasteiger partial charge in [0.2, 0.25) is 0 Å². The van der Waals surface area contributed by atoms with Crippen molar-refractivity contribution in [1.82, 2.24) is 14.9 Å². The number of piperazine rings is 1. The lowest BCUT2D eigenvalue weighted by atomic mass is 10.1. The molecule has 2 N–H and O–H groups in total. The van der Waals surface area contributed by atoms with Gasteiger partial charge >= 0.3 is 0 Å². The molecule has 172 valence electrons. The zero-order valence-electron chi connectivity index (χ0n) is 18.9. The van der Waals surface area contributed by atoms with Crippen molar-refractivity contribution < 1.29 is 19.0 Å². The molecule has 1 aromatic carbocycles. The summed E-state index contributed by atoms with van der Waals surface area (Å²) in [6.07, 6.45) is 3.22. The van der Waals surface area contributed by atoms with E-state index in [2.05, 4.69) is 14.9 Å². The van der Waals surface area contributed by atoms with Crippen LogP contribution in [0.3, 0.4) is 0 Å². The first-order valence-corrected chi connectivity index (χ1v) is 10.6. The maximum Gasteiger partial charge on any atom is 0.272 e. The van der Waals surface area contributed by atoms with Crippen LogP contribution in [-0.2, 0) is 0 Å². The summed E-state index contributed by atoms with van der Waals surface area (Å²) in [6, 6.07) is 12.6. The Bertz CT molecular complexity index is 1130. The van der Waals surface area contributed by atoms with E-state index < -0.39 is 0 Å². The molecular weight excluding hydrogens is 422 g/mol.